The van der Waals surface area contributed by atoms with E-state index in [2.05, 4.69) is 33.9 Å². The molecule has 0 heterocycles. The van der Waals surface area contributed by atoms with Crippen LogP contribution in [0.2, 0.25) is 18.1 Å². The molecule has 0 N–H and O–H groups in total. The van der Waals surface area contributed by atoms with Crippen LogP contribution in [0.4, 0.5) is 0 Å². The van der Waals surface area contributed by atoms with Gasteiger partial charge in [-0.1, -0.05) is 51.1 Å². The molecule has 7 heteroatoms. The van der Waals surface area contributed by atoms with Crippen LogP contribution in [0.1, 0.15) is 52.5 Å². The van der Waals surface area contributed by atoms with E-state index in [1.54, 1.807) is 0 Å². The minimum Gasteiger partial charge on any atom is -0.417 e. The number of ether oxygens (including phenoxy) is 1. The summed E-state index contributed by atoms with van der Waals surface area (Å²) in [4.78, 5) is 0. The van der Waals surface area contributed by atoms with Crippen molar-refractivity contribution in [2.75, 3.05) is 12.9 Å². The fraction of sp³-hybridized carbons (Fsp3) is 0.714. The lowest BCUT2D eigenvalue weighted by Gasteiger charge is -2.36. The van der Waals surface area contributed by atoms with E-state index < -0.39 is 24.5 Å². The molecule has 0 spiro atoms. The Balaban J connectivity index is 2.51. The largest absolute Gasteiger partial charge is 0.417 e. The predicted molar refractivity (Wildman–Crippen MR) is 117 cm³/mol. The lowest BCUT2D eigenvalue weighted by Crippen LogP contribution is -2.41. The maximum Gasteiger partial charge on any atom is 0.264 e. The van der Waals surface area contributed by atoms with Crippen LogP contribution in [0, 0.1) is 0 Å². The molecule has 1 rings (SSSR count). The van der Waals surface area contributed by atoms with Gasteiger partial charge in [0.05, 0.1) is 19.0 Å². The zero-order valence-corrected chi connectivity index (χ0v) is 20.3. The SMILES string of the molecule is C[C@H](OCc1ccccc1)[C@H](CCCCO[Si](C)(C)C(C)(C)C)OS(C)(=O)=O. The van der Waals surface area contributed by atoms with E-state index in [0.717, 1.165) is 24.7 Å². The van der Waals surface area contributed by atoms with Crippen molar-refractivity contribution in [3.05, 3.63) is 35.9 Å². The molecule has 0 unspecified atom stereocenters. The van der Waals surface area contributed by atoms with Crippen LogP contribution in [-0.4, -0.2) is 41.8 Å². The smallest absolute Gasteiger partial charge is 0.264 e. The number of rotatable bonds is 12. The van der Waals surface area contributed by atoms with Crippen LogP contribution >= 0.6 is 0 Å². The Labute approximate surface area is 173 Å². The molecule has 0 amide bonds. The Morgan fingerprint density at radius 2 is 1.68 bits per heavy atom. The van der Waals surface area contributed by atoms with Crippen molar-refractivity contribution >= 4 is 18.4 Å². The normalized spacial score (nSPS) is 15.4. The van der Waals surface area contributed by atoms with E-state index in [0.29, 0.717) is 19.6 Å². The molecular formula is C21H38O5SSi. The summed E-state index contributed by atoms with van der Waals surface area (Å²) in [5, 5.41) is 0.189. The Hall–Kier alpha value is -0.733. The Kier molecular flexibility index (Phi) is 9.83. The zero-order chi connectivity index (χ0) is 21.4. The summed E-state index contributed by atoms with van der Waals surface area (Å²) >= 11 is 0. The molecule has 0 saturated heterocycles. The predicted octanol–water partition coefficient (Wildman–Crippen LogP) is 5.13. The van der Waals surface area contributed by atoms with Gasteiger partial charge in [0.15, 0.2) is 8.32 Å². The summed E-state index contributed by atoms with van der Waals surface area (Å²) in [6, 6.07) is 9.83. The van der Waals surface area contributed by atoms with Crippen molar-refractivity contribution in [1.82, 2.24) is 0 Å². The molecule has 0 fully saturated rings. The van der Waals surface area contributed by atoms with Gasteiger partial charge in [-0.25, -0.2) is 0 Å². The second kappa shape index (κ2) is 10.9. The monoisotopic (exact) mass is 430 g/mol. The summed E-state index contributed by atoms with van der Waals surface area (Å²) < 4.78 is 40.7. The summed E-state index contributed by atoms with van der Waals surface area (Å²) in [5.41, 5.74) is 1.05. The van der Waals surface area contributed by atoms with Crippen LogP contribution < -0.4 is 0 Å². The van der Waals surface area contributed by atoms with E-state index in [4.69, 9.17) is 13.3 Å². The number of unbranched alkanes of at least 4 members (excludes halogenated alkanes) is 1. The van der Waals surface area contributed by atoms with Crippen molar-refractivity contribution in [2.24, 2.45) is 0 Å². The molecule has 28 heavy (non-hydrogen) atoms. The average molecular weight is 431 g/mol. The van der Waals surface area contributed by atoms with Crippen molar-refractivity contribution in [3.8, 4) is 0 Å². The van der Waals surface area contributed by atoms with Gasteiger partial charge >= 0.3 is 0 Å². The first kappa shape index (κ1) is 25.3. The van der Waals surface area contributed by atoms with Crippen LogP contribution in [-0.2, 0) is 30.1 Å². The van der Waals surface area contributed by atoms with Crippen molar-refractivity contribution in [1.29, 1.82) is 0 Å². The number of hydrogen-bond donors (Lipinski definition) is 0. The highest BCUT2D eigenvalue weighted by molar-refractivity contribution is 7.86. The average Bonchev–Trinajstić information content (AvgIpc) is 2.57. The minimum atomic E-state index is -3.54. The molecule has 1 aromatic carbocycles. The molecule has 0 aliphatic heterocycles. The Bertz CT molecular complexity index is 668. The minimum absolute atomic E-state index is 0.189. The van der Waals surface area contributed by atoms with Gasteiger partial charge < -0.3 is 9.16 Å². The lowest BCUT2D eigenvalue weighted by atomic mass is 10.1. The molecule has 162 valence electrons. The van der Waals surface area contributed by atoms with Gasteiger partial charge in [-0.15, -0.1) is 0 Å². The first-order valence-corrected chi connectivity index (χ1v) is 14.7. The third kappa shape index (κ3) is 9.65. The van der Waals surface area contributed by atoms with Crippen molar-refractivity contribution in [3.63, 3.8) is 0 Å². The second-order valence-corrected chi connectivity index (χ2v) is 15.4. The number of hydrogen-bond acceptors (Lipinski definition) is 5. The molecule has 2 atom stereocenters. The van der Waals surface area contributed by atoms with Crippen LogP contribution in [0.15, 0.2) is 30.3 Å². The maximum atomic E-state index is 11.7. The fourth-order valence-corrected chi connectivity index (χ4v) is 4.28. The summed E-state index contributed by atoms with van der Waals surface area (Å²) in [6.45, 7) is 14.1. The van der Waals surface area contributed by atoms with Crippen molar-refractivity contribution < 1.29 is 21.8 Å². The van der Waals surface area contributed by atoms with E-state index in [-0.39, 0.29) is 11.1 Å². The highest BCUT2D eigenvalue weighted by Crippen LogP contribution is 2.36. The Morgan fingerprint density at radius 1 is 1.07 bits per heavy atom. The van der Waals surface area contributed by atoms with Gasteiger partial charge in [-0.2, -0.15) is 8.42 Å². The molecule has 0 aromatic heterocycles. The molecule has 1 aromatic rings. The quantitative estimate of drug-likeness (QED) is 0.261. The topological polar surface area (TPSA) is 61.8 Å². The van der Waals surface area contributed by atoms with E-state index >= 15 is 0 Å². The van der Waals surface area contributed by atoms with Gasteiger partial charge in [-0.3, -0.25) is 4.18 Å². The Morgan fingerprint density at radius 3 is 2.21 bits per heavy atom. The third-order valence-corrected chi connectivity index (χ3v) is 10.5. The van der Waals surface area contributed by atoms with Gasteiger partial charge in [0, 0.05) is 6.61 Å². The van der Waals surface area contributed by atoms with E-state index in [1.807, 2.05) is 37.3 Å². The molecule has 0 saturated carbocycles. The highest BCUT2D eigenvalue weighted by Gasteiger charge is 2.36. The first-order valence-electron chi connectivity index (χ1n) is 9.99. The molecule has 5 nitrogen and oxygen atoms in total. The molecule has 0 aliphatic rings. The maximum absolute atomic E-state index is 11.7. The molecular weight excluding hydrogens is 392 g/mol. The van der Waals surface area contributed by atoms with Gasteiger partial charge in [-0.05, 0) is 49.9 Å². The van der Waals surface area contributed by atoms with Crippen molar-refractivity contribution in [2.45, 2.75) is 83.9 Å². The van der Waals surface area contributed by atoms with Gasteiger partial charge in [0.1, 0.15) is 6.10 Å². The summed E-state index contributed by atoms with van der Waals surface area (Å²) in [6.07, 6.45) is 2.59. The molecule has 0 aliphatic carbocycles. The highest BCUT2D eigenvalue weighted by atomic mass is 32.2. The molecule has 0 bridgehead atoms. The standard InChI is InChI=1S/C21H38O5SSi/c1-18(24-17-19-13-9-8-10-14-19)20(26-27(5,22)23)15-11-12-16-25-28(6,7)21(2,3)4/h8-10,13-14,18,20H,11-12,15-17H2,1-7H3/t18-,20-/m0/s1. The van der Waals surface area contributed by atoms with Crippen LogP contribution in [0.5, 0.6) is 0 Å². The van der Waals surface area contributed by atoms with E-state index in [9.17, 15) is 8.42 Å². The zero-order valence-electron chi connectivity index (χ0n) is 18.5. The van der Waals surface area contributed by atoms with Crippen LogP contribution in [0.25, 0.3) is 0 Å². The van der Waals surface area contributed by atoms with Gasteiger partial charge in [0.2, 0.25) is 0 Å². The lowest BCUT2D eigenvalue weighted by molar-refractivity contribution is -0.0250. The number of benzene rings is 1. The fourth-order valence-electron chi connectivity index (χ4n) is 2.49. The van der Waals surface area contributed by atoms with Crippen LogP contribution in [0.3, 0.4) is 0 Å². The first-order chi connectivity index (χ1) is 12.8. The molecule has 0 radical (unpaired) electrons. The summed E-state index contributed by atoms with van der Waals surface area (Å²) in [5.74, 6) is 0. The second-order valence-electron chi connectivity index (χ2n) is 8.95. The van der Waals surface area contributed by atoms with E-state index in [1.165, 1.54) is 0 Å². The van der Waals surface area contributed by atoms with Gasteiger partial charge in [0.25, 0.3) is 10.1 Å². The summed E-state index contributed by atoms with van der Waals surface area (Å²) in [7, 11) is -5.29. The third-order valence-electron chi connectivity index (χ3n) is 5.33.